The normalized spacial score (nSPS) is 20.2. The van der Waals surface area contributed by atoms with Crippen molar-refractivity contribution in [2.75, 3.05) is 13.7 Å². The fourth-order valence-electron chi connectivity index (χ4n) is 2.74. The monoisotopic (exact) mass is 390 g/mol. The van der Waals surface area contributed by atoms with E-state index in [9.17, 15) is 0 Å². The Hall–Kier alpha value is -1.74. The predicted octanol–water partition coefficient (Wildman–Crippen LogP) is 3.43. The van der Waals surface area contributed by atoms with E-state index in [2.05, 4.69) is 42.5 Å². The van der Waals surface area contributed by atoms with Gasteiger partial charge in [-0.15, -0.1) is 0 Å². The van der Waals surface area contributed by atoms with Crippen LogP contribution in [0.2, 0.25) is 0 Å². The van der Waals surface area contributed by atoms with Crippen LogP contribution < -0.4 is 9.20 Å². The number of methoxy groups -OCH3 is 1. The van der Waals surface area contributed by atoms with Gasteiger partial charge < -0.3 is 0 Å². The zero-order valence-corrected chi connectivity index (χ0v) is 15.7. The van der Waals surface area contributed by atoms with E-state index in [1.54, 1.807) is 7.11 Å². The first kappa shape index (κ1) is 17.1. The van der Waals surface area contributed by atoms with Crippen molar-refractivity contribution in [1.82, 2.24) is 0 Å². The molecule has 0 spiro atoms. The van der Waals surface area contributed by atoms with Crippen molar-refractivity contribution in [1.29, 1.82) is 0 Å². The van der Waals surface area contributed by atoms with Crippen molar-refractivity contribution in [3.05, 3.63) is 70.9 Å². The molecule has 2 atom stereocenters. The van der Waals surface area contributed by atoms with Gasteiger partial charge in [0.05, 0.1) is 0 Å². The quantitative estimate of drug-likeness (QED) is 0.709. The average Bonchev–Trinajstić information content (AvgIpc) is 2.64. The Morgan fingerprint density at radius 1 is 1.08 bits per heavy atom. The Labute approximate surface area is 149 Å². The van der Waals surface area contributed by atoms with Gasteiger partial charge in [0, 0.05) is 0 Å². The van der Waals surface area contributed by atoms with Crippen molar-refractivity contribution in [2.45, 2.75) is 25.6 Å². The van der Waals surface area contributed by atoms with Gasteiger partial charge in [0.15, 0.2) is 0 Å². The van der Waals surface area contributed by atoms with Crippen LogP contribution in [-0.4, -0.2) is 35.0 Å². The van der Waals surface area contributed by atoms with Crippen LogP contribution in [0.5, 0.6) is 5.75 Å². The van der Waals surface area contributed by atoms with E-state index < -0.39 is 0 Å². The van der Waals surface area contributed by atoms with Gasteiger partial charge in [0.1, 0.15) is 0 Å². The summed E-state index contributed by atoms with van der Waals surface area (Å²) >= 11 is 0.239. The van der Waals surface area contributed by atoms with E-state index in [0.29, 0.717) is 12.5 Å². The molecule has 0 unspecified atom stereocenters. The van der Waals surface area contributed by atoms with E-state index in [1.165, 1.54) is 14.5 Å². The molecule has 4 heteroatoms. The van der Waals surface area contributed by atoms with Gasteiger partial charge in [-0.1, -0.05) is 0 Å². The zero-order chi connectivity index (χ0) is 16.8. The number of rotatable bonds is 6. The average molecular weight is 389 g/mol. The molecule has 2 aromatic rings. The Morgan fingerprint density at radius 3 is 2.50 bits per heavy atom. The van der Waals surface area contributed by atoms with Gasteiger partial charge in [0.2, 0.25) is 0 Å². The molecule has 0 aromatic heterocycles. The zero-order valence-electron chi connectivity index (χ0n) is 14.0. The summed E-state index contributed by atoms with van der Waals surface area (Å²) in [6.45, 7) is 2.66. The van der Waals surface area contributed by atoms with Gasteiger partial charge in [-0.25, -0.2) is 0 Å². The summed E-state index contributed by atoms with van der Waals surface area (Å²) in [7, 11) is 1.69. The van der Waals surface area contributed by atoms with Gasteiger partial charge in [0.25, 0.3) is 0 Å². The van der Waals surface area contributed by atoms with Gasteiger partial charge in [-0.05, 0) is 0 Å². The Morgan fingerprint density at radius 2 is 1.83 bits per heavy atom. The third kappa shape index (κ3) is 4.21. The molecule has 3 nitrogen and oxygen atoms in total. The van der Waals surface area contributed by atoms with Crippen LogP contribution in [0.15, 0.2) is 65.3 Å². The molecule has 0 aliphatic carbocycles. The summed E-state index contributed by atoms with van der Waals surface area (Å²) in [6, 6.07) is 18.9. The number of ether oxygens (including phenoxy) is 3. The molecule has 3 rings (SSSR count). The molecule has 0 fully saturated rings. The van der Waals surface area contributed by atoms with Crippen LogP contribution >= 0.6 is 0 Å². The van der Waals surface area contributed by atoms with E-state index in [0.717, 1.165) is 12.2 Å². The van der Waals surface area contributed by atoms with Crippen molar-refractivity contribution in [3.63, 3.8) is 0 Å². The van der Waals surface area contributed by atoms with E-state index >= 15 is 0 Å². The Balaban J connectivity index is 1.84. The molecule has 0 saturated heterocycles. The third-order valence-electron chi connectivity index (χ3n) is 3.96. The number of hydrogen-bond donors (Lipinski definition) is 0. The molecule has 2 aromatic carbocycles. The van der Waals surface area contributed by atoms with Crippen molar-refractivity contribution in [2.24, 2.45) is 0 Å². The molecule has 24 heavy (non-hydrogen) atoms. The fraction of sp³-hybridized carbons (Fsp3) is 0.300. The molecule has 126 valence electrons. The van der Waals surface area contributed by atoms with Gasteiger partial charge >= 0.3 is 150 Å². The molecule has 0 saturated carbocycles. The third-order valence-corrected chi connectivity index (χ3v) is 6.32. The molecular formula is C20H22O3Se. The molecule has 0 N–H and O–H groups in total. The number of allylic oxidation sites excluding steroid dienone is 1. The second-order valence-electron chi connectivity index (χ2n) is 5.52. The van der Waals surface area contributed by atoms with Crippen molar-refractivity contribution in [3.8, 4) is 5.75 Å². The van der Waals surface area contributed by atoms with Crippen LogP contribution in [0.3, 0.4) is 0 Å². The summed E-state index contributed by atoms with van der Waals surface area (Å²) < 4.78 is 19.5. The first-order chi connectivity index (χ1) is 11.8. The Kier molecular flexibility index (Phi) is 5.97. The summed E-state index contributed by atoms with van der Waals surface area (Å²) in [5.41, 5.74) is 1.29. The molecule has 1 heterocycles. The molecule has 0 bridgehead atoms. The standard InChI is InChI=1S/C20H22O3Se/c1-3-22-20-13-18(15-9-11-16(21-2)12-10-15)19(14-23-20)24-17-7-5-4-6-8-17/h4-12,14,18,20H,3,13H2,1-2H3/t18-,20+/m0/s1. The summed E-state index contributed by atoms with van der Waals surface area (Å²) in [6.07, 6.45) is 2.60. The molecule has 1 aliphatic rings. The predicted molar refractivity (Wildman–Crippen MR) is 96.8 cm³/mol. The second-order valence-corrected chi connectivity index (χ2v) is 7.92. The molecule has 0 amide bonds. The first-order valence-corrected chi connectivity index (χ1v) is 9.85. The van der Waals surface area contributed by atoms with Crippen molar-refractivity contribution < 1.29 is 14.2 Å². The minimum atomic E-state index is -0.169. The molecule has 0 radical (unpaired) electrons. The van der Waals surface area contributed by atoms with Crippen molar-refractivity contribution >= 4 is 19.4 Å². The van der Waals surface area contributed by atoms with Gasteiger partial charge in [-0.2, -0.15) is 0 Å². The Bertz CT molecular complexity index is 667. The fourth-order valence-corrected chi connectivity index (χ4v) is 4.93. The van der Waals surface area contributed by atoms with E-state index in [1.807, 2.05) is 25.3 Å². The minimum absolute atomic E-state index is 0.169. The van der Waals surface area contributed by atoms with E-state index in [-0.39, 0.29) is 21.2 Å². The summed E-state index contributed by atoms with van der Waals surface area (Å²) in [5.74, 6) is 1.20. The topological polar surface area (TPSA) is 27.7 Å². The molecular weight excluding hydrogens is 367 g/mol. The molecule has 1 aliphatic heterocycles. The van der Waals surface area contributed by atoms with Crippen LogP contribution in [0.25, 0.3) is 0 Å². The maximum absolute atomic E-state index is 5.81. The summed E-state index contributed by atoms with van der Waals surface area (Å²) in [4.78, 5) is 0. The van der Waals surface area contributed by atoms with Crippen LogP contribution in [-0.2, 0) is 9.47 Å². The number of hydrogen-bond acceptors (Lipinski definition) is 3. The second kappa shape index (κ2) is 8.38. The number of benzene rings is 2. The summed E-state index contributed by atoms with van der Waals surface area (Å²) in [5, 5.41) is 0. The van der Waals surface area contributed by atoms with Crippen LogP contribution in [0.4, 0.5) is 0 Å². The first-order valence-electron chi connectivity index (χ1n) is 8.14. The van der Waals surface area contributed by atoms with Crippen LogP contribution in [0, 0.1) is 0 Å². The van der Waals surface area contributed by atoms with E-state index in [4.69, 9.17) is 14.2 Å². The maximum atomic E-state index is 5.81. The SMILES string of the molecule is CCO[C@H]1C[C@@H](c2ccc(OC)cc2)C([Se]c2ccccc2)=CO1. The van der Waals surface area contributed by atoms with Gasteiger partial charge in [-0.3, -0.25) is 0 Å². The van der Waals surface area contributed by atoms with Crippen LogP contribution in [0.1, 0.15) is 24.8 Å².